The number of rotatable bonds is 4. The number of nitrogens with zero attached hydrogens (tertiary/aromatic N) is 3. The van der Waals surface area contributed by atoms with E-state index in [9.17, 15) is 18.0 Å². The topological polar surface area (TPSA) is 84.2 Å². The number of nitrogens with one attached hydrogen (secondary N) is 1. The quantitative estimate of drug-likeness (QED) is 0.504. The SMILES string of the molecule is COc1ccc2cc(C(=O)N3CC(c4nc(-c5cccc(C(F)(F)F)c5)no4)C3)[nH]c2c1. The van der Waals surface area contributed by atoms with Crippen molar-refractivity contribution in [1.82, 2.24) is 20.0 Å². The van der Waals surface area contributed by atoms with Crippen LogP contribution in [-0.2, 0) is 6.18 Å². The summed E-state index contributed by atoms with van der Waals surface area (Å²) in [5.41, 5.74) is 0.697. The molecule has 0 unspecified atom stereocenters. The summed E-state index contributed by atoms with van der Waals surface area (Å²) < 4.78 is 49.3. The van der Waals surface area contributed by atoms with E-state index in [0.717, 1.165) is 23.0 Å². The number of methoxy groups -OCH3 is 1. The third-order valence-corrected chi connectivity index (χ3v) is 5.47. The Labute approximate surface area is 179 Å². The minimum Gasteiger partial charge on any atom is -0.497 e. The van der Waals surface area contributed by atoms with Gasteiger partial charge in [0.2, 0.25) is 11.7 Å². The summed E-state index contributed by atoms with van der Waals surface area (Å²) in [7, 11) is 1.58. The third-order valence-electron chi connectivity index (χ3n) is 5.47. The van der Waals surface area contributed by atoms with Crippen molar-refractivity contribution in [2.45, 2.75) is 12.1 Å². The molecular weight excluding hydrogens is 425 g/mol. The number of carbonyl (C=O) groups excluding carboxylic acids is 1. The van der Waals surface area contributed by atoms with E-state index in [1.54, 1.807) is 18.1 Å². The van der Waals surface area contributed by atoms with Crippen LogP contribution in [0.4, 0.5) is 13.2 Å². The fourth-order valence-electron chi connectivity index (χ4n) is 3.67. The Hall–Kier alpha value is -3.82. The number of benzene rings is 2. The molecule has 5 rings (SSSR count). The highest BCUT2D eigenvalue weighted by atomic mass is 19.4. The summed E-state index contributed by atoms with van der Waals surface area (Å²) >= 11 is 0. The number of ether oxygens (including phenoxy) is 1. The molecule has 1 saturated heterocycles. The normalized spacial score (nSPS) is 14.6. The molecule has 32 heavy (non-hydrogen) atoms. The van der Waals surface area contributed by atoms with Crippen LogP contribution in [0.3, 0.4) is 0 Å². The maximum Gasteiger partial charge on any atom is 0.416 e. The van der Waals surface area contributed by atoms with E-state index < -0.39 is 11.7 Å². The van der Waals surface area contributed by atoms with Crippen molar-refractivity contribution in [3.05, 3.63) is 65.7 Å². The number of likely N-dealkylation sites (tertiary alicyclic amines) is 1. The van der Waals surface area contributed by atoms with Gasteiger partial charge in [-0.2, -0.15) is 18.2 Å². The van der Waals surface area contributed by atoms with E-state index in [0.29, 0.717) is 30.4 Å². The third kappa shape index (κ3) is 3.57. The van der Waals surface area contributed by atoms with Gasteiger partial charge in [-0.25, -0.2) is 0 Å². The standard InChI is InChI=1S/C22H17F3N4O3/c1-31-16-6-5-12-8-18(26-17(12)9-16)21(30)29-10-14(11-29)20-27-19(28-32-20)13-3-2-4-15(7-13)22(23,24)25/h2-9,14,26H,10-11H2,1H3. The van der Waals surface area contributed by atoms with Crippen LogP contribution in [0.15, 0.2) is 53.1 Å². The molecule has 2 aromatic heterocycles. The number of hydrogen-bond donors (Lipinski definition) is 1. The zero-order valence-electron chi connectivity index (χ0n) is 16.8. The van der Waals surface area contributed by atoms with E-state index in [1.807, 2.05) is 18.2 Å². The molecule has 164 valence electrons. The molecule has 3 heterocycles. The van der Waals surface area contributed by atoms with Gasteiger partial charge in [0.1, 0.15) is 11.4 Å². The lowest BCUT2D eigenvalue weighted by Gasteiger charge is -2.36. The van der Waals surface area contributed by atoms with Gasteiger partial charge in [0.25, 0.3) is 5.91 Å². The summed E-state index contributed by atoms with van der Waals surface area (Å²) in [5, 5.41) is 4.71. The van der Waals surface area contributed by atoms with Crippen LogP contribution in [0, 0.1) is 0 Å². The lowest BCUT2D eigenvalue weighted by atomic mass is 9.99. The maximum absolute atomic E-state index is 12.9. The molecule has 1 amide bonds. The molecule has 1 aliphatic heterocycles. The summed E-state index contributed by atoms with van der Waals surface area (Å²) in [4.78, 5) is 21.8. The van der Waals surface area contributed by atoms with E-state index in [1.165, 1.54) is 12.1 Å². The first-order chi connectivity index (χ1) is 15.3. The number of hydrogen-bond acceptors (Lipinski definition) is 5. The monoisotopic (exact) mass is 442 g/mol. The number of aromatic nitrogens is 3. The van der Waals surface area contributed by atoms with Crippen molar-refractivity contribution in [2.24, 2.45) is 0 Å². The number of carbonyl (C=O) groups is 1. The van der Waals surface area contributed by atoms with Crippen molar-refractivity contribution in [2.75, 3.05) is 20.2 Å². The van der Waals surface area contributed by atoms with Gasteiger partial charge in [-0.05, 0) is 30.3 Å². The van der Waals surface area contributed by atoms with Gasteiger partial charge in [-0.3, -0.25) is 4.79 Å². The molecule has 0 bridgehead atoms. The van der Waals surface area contributed by atoms with Crippen molar-refractivity contribution < 1.29 is 27.2 Å². The first-order valence-corrected chi connectivity index (χ1v) is 9.79. The first-order valence-electron chi connectivity index (χ1n) is 9.79. The Morgan fingerprint density at radius 2 is 2.00 bits per heavy atom. The number of aromatic amines is 1. The zero-order valence-corrected chi connectivity index (χ0v) is 16.8. The van der Waals surface area contributed by atoms with Crippen LogP contribution in [-0.4, -0.2) is 46.1 Å². The average molecular weight is 442 g/mol. The van der Waals surface area contributed by atoms with Gasteiger partial charge in [0.05, 0.1) is 18.6 Å². The fourth-order valence-corrected chi connectivity index (χ4v) is 3.67. The van der Waals surface area contributed by atoms with Crippen molar-refractivity contribution >= 4 is 16.8 Å². The van der Waals surface area contributed by atoms with Crippen LogP contribution in [0.2, 0.25) is 0 Å². The van der Waals surface area contributed by atoms with Gasteiger partial charge in [-0.1, -0.05) is 17.3 Å². The van der Waals surface area contributed by atoms with Gasteiger partial charge in [0.15, 0.2) is 0 Å². The summed E-state index contributed by atoms with van der Waals surface area (Å²) in [6.07, 6.45) is -4.45. The molecular formula is C22H17F3N4O3. The van der Waals surface area contributed by atoms with Crippen LogP contribution in [0.1, 0.15) is 27.9 Å². The second-order valence-electron chi connectivity index (χ2n) is 7.58. The molecule has 0 radical (unpaired) electrons. The predicted octanol–water partition coefficient (Wildman–Crippen LogP) is 4.48. The minimum atomic E-state index is -4.45. The molecule has 2 aromatic carbocycles. The molecule has 1 fully saturated rings. The van der Waals surface area contributed by atoms with Crippen molar-refractivity contribution in [3.63, 3.8) is 0 Å². The van der Waals surface area contributed by atoms with E-state index in [4.69, 9.17) is 9.26 Å². The van der Waals surface area contributed by atoms with Crippen molar-refractivity contribution in [3.8, 4) is 17.1 Å². The molecule has 7 nitrogen and oxygen atoms in total. The molecule has 0 atom stereocenters. The van der Waals surface area contributed by atoms with Gasteiger partial charge in [0, 0.05) is 35.6 Å². The summed E-state index contributed by atoms with van der Waals surface area (Å²) in [6.45, 7) is 0.753. The average Bonchev–Trinajstić information content (AvgIpc) is 3.39. The van der Waals surface area contributed by atoms with Crippen LogP contribution >= 0.6 is 0 Å². The molecule has 0 saturated carbocycles. The molecule has 1 N–H and O–H groups in total. The van der Waals surface area contributed by atoms with Gasteiger partial charge >= 0.3 is 6.18 Å². The Kier molecular flexibility index (Phi) is 4.65. The molecule has 0 aliphatic carbocycles. The summed E-state index contributed by atoms with van der Waals surface area (Å²) in [6, 6.07) is 12.0. The Morgan fingerprint density at radius 3 is 2.75 bits per heavy atom. The molecule has 4 aromatic rings. The first kappa shape index (κ1) is 20.1. The predicted molar refractivity (Wildman–Crippen MR) is 108 cm³/mol. The summed E-state index contributed by atoms with van der Waals surface area (Å²) in [5.74, 6) is 0.739. The number of halogens is 3. The number of fused-ring (bicyclic) bond motifs is 1. The van der Waals surface area contributed by atoms with E-state index >= 15 is 0 Å². The van der Waals surface area contributed by atoms with Crippen LogP contribution in [0.25, 0.3) is 22.3 Å². The van der Waals surface area contributed by atoms with Crippen LogP contribution < -0.4 is 4.74 Å². The zero-order chi connectivity index (χ0) is 22.5. The minimum absolute atomic E-state index is 0.0837. The number of amides is 1. The second-order valence-corrected chi connectivity index (χ2v) is 7.58. The maximum atomic E-state index is 12.9. The molecule has 10 heteroatoms. The highest BCUT2D eigenvalue weighted by Crippen LogP contribution is 2.33. The van der Waals surface area contributed by atoms with Crippen LogP contribution in [0.5, 0.6) is 5.75 Å². The lowest BCUT2D eigenvalue weighted by molar-refractivity contribution is -0.137. The highest BCUT2D eigenvalue weighted by molar-refractivity contribution is 5.98. The van der Waals surface area contributed by atoms with Crippen molar-refractivity contribution in [1.29, 1.82) is 0 Å². The Morgan fingerprint density at radius 1 is 1.19 bits per heavy atom. The van der Waals surface area contributed by atoms with Gasteiger partial charge in [-0.15, -0.1) is 0 Å². The van der Waals surface area contributed by atoms with Gasteiger partial charge < -0.3 is 19.1 Å². The van der Waals surface area contributed by atoms with E-state index in [-0.39, 0.29) is 23.2 Å². The largest absolute Gasteiger partial charge is 0.497 e. The Bertz CT molecular complexity index is 1310. The second kappa shape index (κ2) is 7.40. The highest BCUT2D eigenvalue weighted by Gasteiger charge is 2.37. The number of H-pyrrole nitrogens is 1. The fraction of sp³-hybridized carbons (Fsp3) is 0.227. The lowest BCUT2D eigenvalue weighted by Crippen LogP contribution is -2.48. The molecule has 1 aliphatic rings. The van der Waals surface area contributed by atoms with E-state index in [2.05, 4.69) is 15.1 Å². The smallest absolute Gasteiger partial charge is 0.416 e. The number of alkyl halides is 3. The molecule has 0 spiro atoms. The Balaban J connectivity index is 1.27.